The molecule has 0 saturated heterocycles. The van der Waals surface area contributed by atoms with Gasteiger partial charge in [-0.05, 0) is 42.4 Å². The van der Waals surface area contributed by atoms with Gasteiger partial charge in [0.1, 0.15) is 11.6 Å². The van der Waals surface area contributed by atoms with Gasteiger partial charge in [0.25, 0.3) is 0 Å². The van der Waals surface area contributed by atoms with Crippen molar-refractivity contribution in [3.05, 3.63) is 58.9 Å². The van der Waals surface area contributed by atoms with Gasteiger partial charge < -0.3 is 10.1 Å². The number of nitrogens with one attached hydrogen (secondary N) is 1. The first-order valence-electron chi connectivity index (χ1n) is 7.88. The van der Waals surface area contributed by atoms with Crippen molar-refractivity contribution in [1.82, 2.24) is 4.90 Å². The quantitative estimate of drug-likeness (QED) is 0.724. The van der Waals surface area contributed by atoms with Crippen LogP contribution in [0.1, 0.15) is 12.5 Å². The summed E-state index contributed by atoms with van der Waals surface area (Å²) in [5, 5.41) is 2.61. The van der Waals surface area contributed by atoms with Crippen LogP contribution in [-0.4, -0.2) is 30.5 Å². The zero-order valence-corrected chi connectivity index (χ0v) is 14.8. The third kappa shape index (κ3) is 6.24. The maximum absolute atomic E-state index is 13.3. The number of hydrogen-bond donors (Lipinski definition) is 1. The molecule has 2 aromatic carbocycles. The molecule has 0 aliphatic carbocycles. The predicted octanol–water partition coefficient (Wildman–Crippen LogP) is 4.54. The fourth-order valence-corrected chi connectivity index (χ4v) is 2.57. The van der Waals surface area contributed by atoms with Crippen LogP contribution in [0.5, 0.6) is 5.75 Å². The molecule has 0 heterocycles. The molecule has 0 radical (unpaired) electrons. The van der Waals surface area contributed by atoms with Gasteiger partial charge in [0, 0.05) is 12.2 Å². The van der Waals surface area contributed by atoms with Crippen molar-refractivity contribution in [2.45, 2.75) is 20.1 Å². The molecule has 140 valence electrons. The van der Waals surface area contributed by atoms with Gasteiger partial charge in [0.2, 0.25) is 5.91 Å². The average Bonchev–Trinajstić information content (AvgIpc) is 2.56. The van der Waals surface area contributed by atoms with Gasteiger partial charge in [-0.2, -0.15) is 8.78 Å². The second-order valence-electron chi connectivity index (χ2n) is 5.51. The van der Waals surface area contributed by atoms with Gasteiger partial charge in [-0.15, -0.1) is 0 Å². The van der Waals surface area contributed by atoms with Crippen molar-refractivity contribution in [3.63, 3.8) is 0 Å². The van der Waals surface area contributed by atoms with Gasteiger partial charge in [-0.25, -0.2) is 4.39 Å². The Hall–Kier alpha value is -2.25. The minimum absolute atomic E-state index is 0.0322. The van der Waals surface area contributed by atoms with Crippen LogP contribution in [-0.2, 0) is 11.3 Å². The summed E-state index contributed by atoms with van der Waals surface area (Å²) in [6.07, 6.45) is 0. The van der Waals surface area contributed by atoms with Gasteiger partial charge in [0.05, 0.1) is 11.6 Å². The number of alkyl halides is 2. The van der Waals surface area contributed by atoms with Crippen molar-refractivity contribution in [1.29, 1.82) is 0 Å². The topological polar surface area (TPSA) is 41.6 Å². The SMILES string of the molecule is CCN(CC(=O)Nc1ccc(OC(F)F)c(Cl)c1)Cc1cccc(F)c1. The van der Waals surface area contributed by atoms with Crippen molar-refractivity contribution in [3.8, 4) is 5.75 Å². The summed E-state index contributed by atoms with van der Waals surface area (Å²) < 4.78 is 41.9. The molecule has 1 amide bonds. The maximum Gasteiger partial charge on any atom is 0.387 e. The highest BCUT2D eigenvalue weighted by Gasteiger charge is 2.13. The number of ether oxygens (including phenoxy) is 1. The number of amides is 1. The number of hydrogen-bond acceptors (Lipinski definition) is 3. The Morgan fingerprint density at radius 1 is 1.27 bits per heavy atom. The first kappa shape index (κ1) is 20.1. The second-order valence-corrected chi connectivity index (χ2v) is 5.91. The molecule has 0 aliphatic rings. The number of carbonyl (C=O) groups is 1. The second kappa shape index (κ2) is 9.45. The Morgan fingerprint density at radius 3 is 2.65 bits per heavy atom. The van der Waals surface area contributed by atoms with Gasteiger partial charge >= 0.3 is 6.61 Å². The third-order valence-electron chi connectivity index (χ3n) is 3.54. The molecule has 0 atom stereocenters. The van der Waals surface area contributed by atoms with Crippen molar-refractivity contribution in [2.75, 3.05) is 18.4 Å². The summed E-state index contributed by atoms with van der Waals surface area (Å²) in [4.78, 5) is 14.0. The molecule has 0 bridgehead atoms. The smallest absolute Gasteiger partial charge is 0.387 e. The van der Waals surface area contributed by atoms with E-state index in [0.717, 1.165) is 5.56 Å². The highest BCUT2D eigenvalue weighted by molar-refractivity contribution is 6.32. The molecule has 0 spiro atoms. The van der Waals surface area contributed by atoms with Gasteiger partial charge in [-0.3, -0.25) is 9.69 Å². The number of carbonyl (C=O) groups excluding carboxylic acids is 1. The lowest BCUT2D eigenvalue weighted by atomic mass is 10.2. The van der Waals surface area contributed by atoms with E-state index in [1.165, 1.54) is 30.3 Å². The van der Waals surface area contributed by atoms with Crippen LogP contribution in [0.2, 0.25) is 5.02 Å². The van der Waals surface area contributed by atoms with Gasteiger partial charge in [-0.1, -0.05) is 30.7 Å². The summed E-state index contributed by atoms with van der Waals surface area (Å²) in [5.41, 5.74) is 1.12. The molecule has 2 rings (SSSR count). The molecule has 0 fully saturated rings. The molecule has 1 N–H and O–H groups in total. The summed E-state index contributed by atoms with van der Waals surface area (Å²) in [6, 6.07) is 10.2. The first-order valence-corrected chi connectivity index (χ1v) is 8.26. The van der Waals surface area contributed by atoms with Crippen LogP contribution in [0.4, 0.5) is 18.9 Å². The van der Waals surface area contributed by atoms with E-state index >= 15 is 0 Å². The lowest BCUT2D eigenvalue weighted by molar-refractivity contribution is -0.117. The molecule has 0 aromatic heterocycles. The van der Waals surface area contributed by atoms with Crippen LogP contribution >= 0.6 is 11.6 Å². The van der Waals surface area contributed by atoms with Gasteiger partial charge in [0.15, 0.2) is 0 Å². The molecule has 2 aromatic rings. The lowest BCUT2D eigenvalue weighted by Gasteiger charge is -2.20. The van der Waals surface area contributed by atoms with E-state index in [1.807, 2.05) is 11.8 Å². The largest absolute Gasteiger partial charge is 0.433 e. The summed E-state index contributed by atoms with van der Waals surface area (Å²) in [7, 11) is 0. The van der Waals surface area contributed by atoms with Crippen LogP contribution in [0, 0.1) is 5.82 Å². The van der Waals surface area contributed by atoms with E-state index in [0.29, 0.717) is 18.8 Å². The monoisotopic (exact) mass is 386 g/mol. The molecular weight excluding hydrogens is 369 g/mol. The zero-order valence-electron chi connectivity index (χ0n) is 14.0. The number of benzene rings is 2. The van der Waals surface area contributed by atoms with E-state index in [9.17, 15) is 18.0 Å². The Labute approximate surface area is 154 Å². The minimum atomic E-state index is -2.98. The predicted molar refractivity (Wildman–Crippen MR) is 94.1 cm³/mol. The molecule has 0 saturated carbocycles. The van der Waals surface area contributed by atoms with Crippen LogP contribution in [0.15, 0.2) is 42.5 Å². The number of likely N-dealkylation sites (N-methyl/N-ethyl adjacent to an activating group) is 1. The number of rotatable bonds is 8. The van der Waals surface area contributed by atoms with E-state index in [4.69, 9.17) is 11.6 Å². The molecule has 26 heavy (non-hydrogen) atoms. The Bertz CT molecular complexity index is 759. The minimum Gasteiger partial charge on any atom is -0.433 e. The molecule has 0 aliphatic heterocycles. The Kier molecular flexibility index (Phi) is 7.29. The Morgan fingerprint density at radius 2 is 2.04 bits per heavy atom. The number of nitrogens with zero attached hydrogens (tertiary/aromatic N) is 1. The molecule has 8 heteroatoms. The third-order valence-corrected chi connectivity index (χ3v) is 3.84. The van der Waals surface area contributed by atoms with Crippen molar-refractivity contribution < 1.29 is 22.7 Å². The molecule has 0 unspecified atom stereocenters. The maximum atomic E-state index is 13.3. The number of halogens is 4. The highest BCUT2D eigenvalue weighted by Crippen LogP contribution is 2.28. The fraction of sp³-hybridized carbons (Fsp3) is 0.278. The molecular formula is C18H18ClF3N2O2. The van der Waals surface area contributed by atoms with Crippen molar-refractivity contribution >= 4 is 23.2 Å². The summed E-state index contributed by atoms with van der Waals surface area (Å²) >= 11 is 5.86. The van der Waals surface area contributed by atoms with Crippen LogP contribution in [0.3, 0.4) is 0 Å². The fourth-order valence-electron chi connectivity index (χ4n) is 2.35. The van der Waals surface area contributed by atoms with Crippen LogP contribution in [0.25, 0.3) is 0 Å². The highest BCUT2D eigenvalue weighted by atomic mass is 35.5. The average molecular weight is 387 g/mol. The Balaban J connectivity index is 1.95. The summed E-state index contributed by atoms with van der Waals surface area (Å²) in [5.74, 6) is -0.799. The van der Waals surface area contributed by atoms with E-state index in [1.54, 1.807) is 12.1 Å². The summed E-state index contributed by atoms with van der Waals surface area (Å²) in [6.45, 7) is 0.00355. The normalized spacial score (nSPS) is 11.0. The standard InChI is InChI=1S/C18H18ClF3N2O2/c1-2-24(10-12-4-3-5-13(20)8-12)11-17(25)23-14-6-7-16(15(19)9-14)26-18(21)22/h3-9,18H,2,10-11H2,1H3,(H,23,25). The van der Waals surface area contributed by atoms with E-state index in [-0.39, 0.29) is 29.0 Å². The van der Waals surface area contributed by atoms with Crippen molar-refractivity contribution in [2.24, 2.45) is 0 Å². The van der Waals surface area contributed by atoms with Crippen LogP contribution < -0.4 is 10.1 Å². The van der Waals surface area contributed by atoms with E-state index < -0.39 is 6.61 Å². The molecule has 4 nitrogen and oxygen atoms in total. The first-order chi connectivity index (χ1) is 12.4. The van der Waals surface area contributed by atoms with E-state index in [2.05, 4.69) is 10.1 Å². The zero-order chi connectivity index (χ0) is 19.1. The number of anilines is 1. The lowest BCUT2D eigenvalue weighted by Crippen LogP contribution is -2.32.